The molecule has 24 heavy (non-hydrogen) atoms. The summed E-state index contributed by atoms with van der Waals surface area (Å²) < 4.78 is 38.7. The van der Waals surface area contributed by atoms with Crippen molar-refractivity contribution >= 4 is 21.6 Å². The van der Waals surface area contributed by atoms with E-state index in [1.807, 2.05) is 6.92 Å². The van der Waals surface area contributed by atoms with E-state index in [1.54, 1.807) is 28.6 Å². The lowest BCUT2D eigenvalue weighted by molar-refractivity contribution is -0.0900. The lowest BCUT2D eigenvalue weighted by atomic mass is 9.89. The summed E-state index contributed by atoms with van der Waals surface area (Å²) in [6, 6.07) is 6.34. The first-order valence-electron chi connectivity index (χ1n) is 8.46. The van der Waals surface area contributed by atoms with E-state index in [0.29, 0.717) is 36.2 Å². The van der Waals surface area contributed by atoms with Crippen LogP contribution in [0.1, 0.15) is 32.6 Å². The minimum absolute atomic E-state index is 0.143. The number of sulfonamides is 1. The summed E-state index contributed by atoms with van der Waals surface area (Å²) in [6.45, 7) is 4.29. The molecule has 5 nitrogen and oxygen atoms in total. The molecule has 2 heterocycles. The van der Waals surface area contributed by atoms with Gasteiger partial charge in [0, 0.05) is 24.7 Å². The molecule has 134 valence electrons. The first-order valence-corrected chi connectivity index (χ1v) is 10.3. The van der Waals surface area contributed by atoms with Crippen molar-refractivity contribution in [1.29, 1.82) is 0 Å². The van der Waals surface area contributed by atoms with Crippen molar-refractivity contribution in [3.63, 3.8) is 0 Å². The van der Waals surface area contributed by atoms with E-state index in [9.17, 15) is 8.42 Å². The van der Waals surface area contributed by atoms with Gasteiger partial charge in [-0.05, 0) is 56.9 Å². The monoisotopic (exact) mass is 373 g/mol. The molecule has 0 radical (unpaired) electrons. The largest absolute Gasteiger partial charge is 0.379 e. The second kappa shape index (κ2) is 7.30. The maximum Gasteiger partial charge on any atom is 0.243 e. The first kappa shape index (κ1) is 18.1. The Hall–Kier alpha value is -0.660. The van der Waals surface area contributed by atoms with Crippen LogP contribution in [0.3, 0.4) is 0 Å². The van der Waals surface area contributed by atoms with E-state index < -0.39 is 10.0 Å². The molecule has 1 aromatic carbocycles. The topological polar surface area (TPSA) is 55.8 Å². The Balaban J connectivity index is 1.62. The lowest BCUT2D eigenvalue weighted by Crippen LogP contribution is -2.46. The molecule has 0 saturated carbocycles. The standard InChI is InChI=1S/C17H24ClNO4S/c1-2-22-13-15-7-8-17(23-15)9-11-19(12-10-17)24(20,21)16-5-3-14(18)4-6-16/h3-6,15H,2,7-13H2,1H3. The normalized spacial score (nSPS) is 24.5. The van der Waals surface area contributed by atoms with Crippen molar-refractivity contribution in [2.24, 2.45) is 0 Å². The van der Waals surface area contributed by atoms with E-state index in [1.165, 1.54) is 0 Å². The van der Waals surface area contributed by atoms with Gasteiger partial charge in [-0.15, -0.1) is 0 Å². The fourth-order valence-corrected chi connectivity index (χ4v) is 5.09. The summed E-state index contributed by atoms with van der Waals surface area (Å²) >= 11 is 5.84. The fourth-order valence-electron chi connectivity index (χ4n) is 3.52. The Morgan fingerprint density at radius 3 is 2.54 bits per heavy atom. The highest BCUT2D eigenvalue weighted by Gasteiger charge is 2.44. The molecule has 0 aromatic heterocycles. The first-order chi connectivity index (χ1) is 11.5. The van der Waals surface area contributed by atoms with E-state index >= 15 is 0 Å². The zero-order valence-electron chi connectivity index (χ0n) is 13.9. The van der Waals surface area contributed by atoms with Gasteiger partial charge in [-0.1, -0.05) is 11.6 Å². The molecule has 7 heteroatoms. The van der Waals surface area contributed by atoms with Gasteiger partial charge in [-0.25, -0.2) is 8.42 Å². The van der Waals surface area contributed by atoms with E-state index in [4.69, 9.17) is 21.1 Å². The van der Waals surface area contributed by atoms with Crippen LogP contribution < -0.4 is 0 Å². The van der Waals surface area contributed by atoms with Gasteiger partial charge in [0.1, 0.15) is 0 Å². The molecule has 1 spiro atoms. The van der Waals surface area contributed by atoms with Crippen LogP contribution in [-0.2, 0) is 19.5 Å². The highest BCUT2D eigenvalue weighted by molar-refractivity contribution is 7.89. The number of rotatable bonds is 5. The van der Waals surface area contributed by atoms with Gasteiger partial charge in [0.2, 0.25) is 10.0 Å². The van der Waals surface area contributed by atoms with E-state index in [-0.39, 0.29) is 11.7 Å². The van der Waals surface area contributed by atoms with Crippen LogP contribution in [0.15, 0.2) is 29.2 Å². The molecule has 2 aliphatic rings. The van der Waals surface area contributed by atoms with Crippen LogP contribution in [0.25, 0.3) is 0 Å². The lowest BCUT2D eigenvalue weighted by Gasteiger charge is -2.38. The maximum atomic E-state index is 12.7. The minimum atomic E-state index is -3.46. The highest BCUT2D eigenvalue weighted by atomic mass is 35.5. The Labute approximate surface area is 148 Å². The van der Waals surface area contributed by atoms with Crippen molar-refractivity contribution in [2.75, 3.05) is 26.3 Å². The summed E-state index contributed by atoms with van der Waals surface area (Å²) in [5, 5.41) is 0.534. The Morgan fingerprint density at radius 2 is 1.92 bits per heavy atom. The summed E-state index contributed by atoms with van der Waals surface area (Å²) in [5.74, 6) is 0. The molecule has 0 amide bonds. The molecule has 2 saturated heterocycles. The maximum absolute atomic E-state index is 12.7. The second-order valence-corrected chi connectivity index (χ2v) is 8.85. The third kappa shape index (κ3) is 3.78. The average molecular weight is 374 g/mol. The van der Waals surface area contributed by atoms with E-state index in [0.717, 1.165) is 25.7 Å². The second-order valence-electron chi connectivity index (χ2n) is 6.48. The molecule has 3 rings (SSSR count). The molecule has 1 aromatic rings. The SMILES string of the molecule is CCOCC1CCC2(CCN(S(=O)(=O)c3ccc(Cl)cc3)CC2)O1. The Bertz CT molecular complexity index is 654. The van der Waals surface area contributed by atoms with Gasteiger partial charge < -0.3 is 9.47 Å². The van der Waals surface area contributed by atoms with Gasteiger partial charge in [0.25, 0.3) is 0 Å². The van der Waals surface area contributed by atoms with Gasteiger partial charge in [0.15, 0.2) is 0 Å². The summed E-state index contributed by atoms with van der Waals surface area (Å²) in [5.41, 5.74) is -0.173. The predicted molar refractivity (Wildman–Crippen MR) is 92.8 cm³/mol. The number of piperidine rings is 1. The van der Waals surface area contributed by atoms with Crippen LogP contribution >= 0.6 is 11.6 Å². The van der Waals surface area contributed by atoms with Crippen molar-refractivity contribution in [3.8, 4) is 0 Å². The number of hydrogen-bond acceptors (Lipinski definition) is 4. The predicted octanol–water partition coefficient (Wildman–Crippen LogP) is 3.08. The highest BCUT2D eigenvalue weighted by Crippen LogP contribution is 2.40. The number of benzene rings is 1. The molecule has 1 atom stereocenters. The molecule has 1 unspecified atom stereocenters. The smallest absolute Gasteiger partial charge is 0.243 e. The summed E-state index contributed by atoms with van der Waals surface area (Å²) in [7, 11) is -3.46. The number of halogens is 1. The number of hydrogen-bond donors (Lipinski definition) is 0. The van der Waals surface area contributed by atoms with Crippen molar-refractivity contribution < 1.29 is 17.9 Å². The van der Waals surface area contributed by atoms with Crippen LogP contribution in [0.5, 0.6) is 0 Å². The van der Waals surface area contributed by atoms with Crippen molar-refractivity contribution in [3.05, 3.63) is 29.3 Å². The summed E-state index contributed by atoms with van der Waals surface area (Å²) in [4.78, 5) is 0.296. The van der Waals surface area contributed by atoms with E-state index in [2.05, 4.69) is 0 Å². The van der Waals surface area contributed by atoms with Gasteiger partial charge >= 0.3 is 0 Å². The van der Waals surface area contributed by atoms with Gasteiger partial charge in [0.05, 0.1) is 23.2 Å². The molecular weight excluding hydrogens is 350 g/mol. The molecule has 2 aliphatic heterocycles. The van der Waals surface area contributed by atoms with Crippen LogP contribution in [-0.4, -0.2) is 50.7 Å². The average Bonchev–Trinajstić information content (AvgIpc) is 2.96. The number of ether oxygens (including phenoxy) is 2. The molecule has 0 aliphatic carbocycles. The van der Waals surface area contributed by atoms with Gasteiger partial charge in [-0.3, -0.25) is 0 Å². The third-order valence-electron chi connectivity index (χ3n) is 4.93. The van der Waals surface area contributed by atoms with Crippen LogP contribution in [0, 0.1) is 0 Å². The Kier molecular flexibility index (Phi) is 5.52. The molecule has 2 fully saturated rings. The molecule has 0 bridgehead atoms. The van der Waals surface area contributed by atoms with Crippen LogP contribution in [0.4, 0.5) is 0 Å². The zero-order valence-corrected chi connectivity index (χ0v) is 15.5. The van der Waals surface area contributed by atoms with Gasteiger partial charge in [-0.2, -0.15) is 4.31 Å². The fraction of sp³-hybridized carbons (Fsp3) is 0.647. The quantitative estimate of drug-likeness (QED) is 0.795. The third-order valence-corrected chi connectivity index (χ3v) is 7.10. The molecule has 0 N–H and O–H groups in total. The van der Waals surface area contributed by atoms with Crippen molar-refractivity contribution in [2.45, 2.75) is 49.2 Å². The number of nitrogens with zero attached hydrogens (tertiary/aromatic N) is 1. The summed E-state index contributed by atoms with van der Waals surface area (Å²) in [6.07, 6.45) is 3.60. The minimum Gasteiger partial charge on any atom is -0.379 e. The zero-order chi connectivity index (χ0) is 17.2. The Morgan fingerprint density at radius 1 is 1.25 bits per heavy atom. The van der Waals surface area contributed by atoms with Crippen LogP contribution in [0.2, 0.25) is 5.02 Å². The van der Waals surface area contributed by atoms with Crippen molar-refractivity contribution in [1.82, 2.24) is 4.31 Å². The molecular formula is C17H24ClNO4S.